The van der Waals surface area contributed by atoms with Gasteiger partial charge in [0.2, 0.25) is 0 Å². The predicted octanol–water partition coefficient (Wildman–Crippen LogP) is 5.66. The lowest BCUT2D eigenvalue weighted by Gasteiger charge is -2.04. The van der Waals surface area contributed by atoms with Gasteiger partial charge in [-0.3, -0.25) is 0 Å². The lowest BCUT2D eigenvalue weighted by molar-refractivity contribution is -0.677. The molecule has 1 heterocycles. The van der Waals surface area contributed by atoms with Gasteiger partial charge < -0.3 is 14.9 Å². The highest BCUT2D eigenvalue weighted by molar-refractivity contribution is 5.15. The minimum Gasteiger partial charge on any atom is -0.460 e. The maximum atomic E-state index is 8.88. The SMILES string of the molecule is C[n+]1ccccc1O.OCCCc1ccccc1.c1ccc(CCCOCc2ccccc2)cc1. The van der Waals surface area contributed by atoms with Crippen LogP contribution in [0.15, 0.2) is 115 Å². The highest BCUT2D eigenvalue weighted by Crippen LogP contribution is 2.05. The van der Waals surface area contributed by atoms with Gasteiger partial charge in [-0.15, -0.1) is 0 Å². The molecule has 4 rings (SSSR count). The predicted molar refractivity (Wildman–Crippen MR) is 142 cm³/mol. The number of aliphatic hydroxyl groups is 1. The maximum absolute atomic E-state index is 8.88. The summed E-state index contributed by atoms with van der Waals surface area (Å²) in [6, 6.07) is 36.3. The van der Waals surface area contributed by atoms with E-state index in [1.54, 1.807) is 29.9 Å². The summed E-state index contributed by atoms with van der Waals surface area (Å²) < 4.78 is 7.28. The zero-order valence-corrected chi connectivity index (χ0v) is 20.7. The molecule has 35 heavy (non-hydrogen) atoms. The summed E-state index contributed by atoms with van der Waals surface area (Å²) in [6.07, 6.45) is 5.81. The van der Waals surface area contributed by atoms with E-state index in [0.717, 1.165) is 38.9 Å². The van der Waals surface area contributed by atoms with E-state index >= 15 is 0 Å². The van der Waals surface area contributed by atoms with Crippen molar-refractivity contribution in [2.75, 3.05) is 13.2 Å². The number of benzene rings is 3. The van der Waals surface area contributed by atoms with Crippen molar-refractivity contribution >= 4 is 0 Å². The fourth-order valence-corrected chi connectivity index (χ4v) is 3.23. The molecule has 4 heteroatoms. The van der Waals surface area contributed by atoms with Crippen LogP contribution in [0.2, 0.25) is 0 Å². The third kappa shape index (κ3) is 13.1. The average Bonchev–Trinajstić information content (AvgIpc) is 2.91. The summed E-state index contributed by atoms with van der Waals surface area (Å²) in [4.78, 5) is 0. The largest absolute Gasteiger partial charge is 0.460 e. The highest BCUT2D eigenvalue weighted by atomic mass is 16.5. The van der Waals surface area contributed by atoms with E-state index in [1.165, 1.54) is 16.7 Å². The Kier molecular flexibility index (Phi) is 14.2. The topological polar surface area (TPSA) is 53.6 Å². The average molecular weight is 473 g/mol. The summed E-state index contributed by atoms with van der Waals surface area (Å²) in [5.74, 6) is 0.285. The normalized spacial score (nSPS) is 9.89. The molecule has 2 N–H and O–H groups in total. The van der Waals surface area contributed by atoms with Crippen molar-refractivity contribution < 1.29 is 19.5 Å². The van der Waals surface area contributed by atoms with E-state index in [2.05, 4.69) is 54.6 Å². The first kappa shape index (κ1) is 27.8. The first-order valence-electron chi connectivity index (χ1n) is 12.1. The second-order valence-corrected chi connectivity index (χ2v) is 8.11. The molecule has 4 aromatic rings. The molecular formula is C31H38NO3+. The third-order valence-corrected chi connectivity index (χ3v) is 5.20. The van der Waals surface area contributed by atoms with Gasteiger partial charge in [-0.2, -0.15) is 4.57 Å². The maximum Gasteiger partial charge on any atom is 0.365 e. The molecule has 0 aliphatic heterocycles. The van der Waals surface area contributed by atoms with Crippen molar-refractivity contribution in [1.82, 2.24) is 0 Å². The number of aliphatic hydroxyl groups excluding tert-OH is 1. The second kappa shape index (κ2) is 17.9. The lowest BCUT2D eigenvalue weighted by Crippen LogP contribution is -2.26. The van der Waals surface area contributed by atoms with Gasteiger partial charge >= 0.3 is 5.88 Å². The number of aryl methyl sites for hydroxylation is 3. The molecule has 0 bridgehead atoms. The molecule has 1 aromatic heterocycles. The van der Waals surface area contributed by atoms with Crippen molar-refractivity contribution in [3.8, 4) is 5.88 Å². The summed E-state index contributed by atoms with van der Waals surface area (Å²) in [7, 11) is 1.79. The molecule has 0 saturated carbocycles. The highest BCUT2D eigenvalue weighted by Gasteiger charge is 1.96. The van der Waals surface area contributed by atoms with Crippen molar-refractivity contribution in [1.29, 1.82) is 0 Å². The van der Waals surface area contributed by atoms with Gasteiger partial charge in [0, 0.05) is 19.3 Å². The van der Waals surface area contributed by atoms with Crippen molar-refractivity contribution in [3.05, 3.63) is 132 Å². The zero-order valence-electron chi connectivity index (χ0n) is 20.7. The molecule has 0 fully saturated rings. The fraction of sp³-hybridized carbons (Fsp3) is 0.258. The summed E-state index contributed by atoms with van der Waals surface area (Å²) in [5.41, 5.74) is 3.93. The molecule has 0 radical (unpaired) electrons. The van der Waals surface area contributed by atoms with Crippen LogP contribution < -0.4 is 4.57 Å². The molecule has 4 nitrogen and oxygen atoms in total. The van der Waals surface area contributed by atoms with Crippen LogP contribution in [0.25, 0.3) is 0 Å². The van der Waals surface area contributed by atoms with Gasteiger partial charge in [-0.05, 0) is 48.4 Å². The van der Waals surface area contributed by atoms with Crippen LogP contribution >= 0.6 is 0 Å². The first-order valence-corrected chi connectivity index (χ1v) is 12.1. The number of aromatic hydroxyl groups is 1. The van der Waals surface area contributed by atoms with Gasteiger partial charge in [0.1, 0.15) is 7.05 Å². The molecule has 0 saturated heterocycles. The minimum atomic E-state index is 0.285. The number of aromatic nitrogens is 1. The van der Waals surface area contributed by atoms with Crippen LogP contribution in [-0.2, 0) is 31.2 Å². The number of ether oxygens (including phenoxy) is 1. The molecule has 0 aliphatic rings. The zero-order chi connectivity index (χ0) is 25.0. The van der Waals surface area contributed by atoms with Crippen LogP contribution in [0.3, 0.4) is 0 Å². The molecule has 0 atom stereocenters. The minimum absolute atomic E-state index is 0.285. The van der Waals surface area contributed by atoms with Crippen LogP contribution in [0, 0.1) is 0 Å². The lowest BCUT2D eigenvalue weighted by atomic mass is 10.1. The molecule has 0 amide bonds. The van der Waals surface area contributed by atoms with Gasteiger partial charge in [-0.1, -0.05) is 91.0 Å². The Hall–Kier alpha value is -3.47. The quantitative estimate of drug-likeness (QED) is 0.244. The van der Waals surface area contributed by atoms with Gasteiger partial charge in [-0.25, -0.2) is 0 Å². The summed E-state index contributed by atoms with van der Waals surface area (Å²) in [5, 5.41) is 17.4. The Morgan fingerprint density at radius 1 is 0.629 bits per heavy atom. The van der Waals surface area contributed by atoms with E-state index in [4.69, 9.17) is 14.9 Å². The van der Waals surface area contributed by atoms with Crippen LogP contribution in [-0.4, -0.2) is 23.4 Å². The summed E-state index contributed by atoms with van der Waals surface area (Å²) in [6.45, 7) is 1.83. The molecule has 0 unspecified atom stereocenters. The molecule has 0 aliphatic carbocycles. The Balaban J connectivity index is 0.000000204. The van der Waals surface area contributed by atoms with Gasteiger partial charge in [0.15, 0.2) is 6.20 Å². The Morgan fingerprint density at radius 2 is 1.11 bits per heavy atom. The molecule has 3 aromatic carbocycles. The first-order chi connectivity index (χ1) is 17.2. The number of pyridine rings is 1. The van der Waals surface area contributed by atoms with Gasteiger partial charge in [0.25, 0.3) is 0 Å². The summed E-state index contributed by atoms with van der Waals surface area (Å²) >= 11 is 0. The molecule has 0 spiro atoms. The second-order valence-electron chi connectivity index (χ2n) is 8.11. The van der Waals surface area contributed by atoms with Gasteiger partial charge in [0.05, 0.1) is 12.7 Å². The molecular weight excluding hydrogens is 434 g/mol. The Morgan fingerprint density at radius 3 is 1.57 bits per heavy atom. The number of nitrogens with zero attached hydrogens (tertiary/aromatic N) is 1. The third-order valence-electron chi connectivity index (χ3n) is 5.20. The van der Waals surface area contributed by atoms with Crippen LogP contribution in [0.1, 0.15) is 29.5 Å². The number of rotatable bonds is 9. The number of hydrogen-bond acceptors (Lipinski definition) is 3. The molecule has 184 valence electrons. The van der Waals surface area contributed by atoms with E-state index in [-0.39, 0.29) is 12.5 Å². The standard InChI is InChI=1S/C16H18O.C9H12O.C6H7NO/c1-3-8-15(9-4-1)12-7-13-17-14-16-10-5-2-6-11-16;10-8-4-7-9-5-2-1-3-6-9;1-7-5-3-2-4-6(7)8/h1-6,8-11H,7,12-14H2;1-3,5-6,10H,4,7-8H2;2-5H,1H3/p+1. The number of hydrogen-bond donors (Lipinski definition) is 2. The van der Waals surface area contributed by atoms with Crippen molar-refractivity contribution in [3.63, 3.8) is 0 Å². The fourth-order valence-electron chi connectivity index (χ4n) is 3.23. The van der Waals surface area contributed by atoms with E-state index in [9.17, 15) is 0 Å². The van der Waals surface area contributed by atoms with E-state index in [0.29, 0.717) is 0 Å². The Bertz CT molecular complexity index is 962. The van der Waals surface area contributed by atoms with Crippen LogP contribution in [0.5, 0.6) is 5.88 Å². The monoisotopic (exact) mass is 472 g/mol. The van der Waals surface area contributed by atoms with E-state index < -0.39 is 0 Å². The van der Waals surface area contributed by atoms with Crippen LogP contribution in [0.4, 0.5) is 0 Å². The smallest absolute Gasteiger partial charge is 0.365 e. The Labute approximate surface area is 210 Å². The van der Waals surface area contributed by atoms with E-state index in [1.807, 2.05) is 42.5 Å². The van der Waals surface area contributed by atoms with Crippen molar-refractivity contribution in [2.24, 2.45) is 7.05 Å². The van der Waals surface area contributed by atoms with Crippen molar-refractivity contribution in [2.45, 2.75) is 32.3 Å².